The average molecular weight is 774 g/mol. The Bertz CT molecular complexity index is 2250. The van der Waals surface area contributed by atoms with Crippen LogP contribution in [0.4, 0.5) is 0 Å². The Morgan fingerprint density at radius 2 is 1.88 bits per heavy atom. The molecule has 15 heteroatoms. The lowest BCUT2D eigenvalue weighted by Crippen LogP contribution is -2.58. The number of nitrogens with one attached hydrogen (secondary N) is 2. The lowest BCUT2D eigenvalue weighted by molar-refractivity contribution is -0.374. The van der Waals surface area contributed by atoms with E-state index in [4.69, 9.17) is 18.9 Å². The van der Waals surface area contributed by atoms with Gasteiger partial charge in [0.25, 0.3) is 0 Å². The van der Waals surface area contributed by atoms with Gasteiger partial charge in [-0.25, -0.2) is 9.78 Å². The summed E-state index contributed by atoms with van der Waals surface area (Å²) < 4.78 is 15.4. The fourth-order valence-corrected chi connectivity index (χ4v) is 8.90. The molecule has 1 amide bonds. The number of aliphatic hydroxyl groups is 5. The van der Waals surface area contributed by atoms with Crippen LogP contribution in [0.5, 0.6) is 11.5 Å². The van der Waals surface area contributed by atoms with Crippen LogP contribution in [-0.4, -0.2) is 101 Å². The highest BCUT2D eigenvalue weighted by Crippen LogP contribution is 2.50. The summed E-state index contributed by atoms with van der Waals surface area (Å²) in [4.78, 5) is 41.2. The van der Waals surface area contributed by atoms with Crippen LogP contribution in [0.3, 0.4) is 0 Å². The van der Waals surface area contributed by atoms with Crippen molar-refractivity contribution in [2.75, 3.05) is 19.8 Å². The summed E-state index contributed by atoms with van der Waals surface area (Å²) in [6.45, 7) is 0.718. The number of phenols is 1. The van der Waals surface area contributed by atoms with E-state index >= 15 is 0 Å². The number of benzene rings is 2. The van der Waals surface area contributed by atoms with E-state index in [0.717, 1.165) is 23.7 Å². The zero-order chi connectivity index (χ0) is 39.4. The summed E-state index contributed by atoms with van der Waals surface area (Å²) in [5.41, 5.74) is -0.571. The molecule has 5 heterocycles. The number of aliphatic hydroxyl groups excluding tert-OH is 4. The van der Waals surface area contributed by atoms with E-state index in [1.807, 2.05) is 29.2 Å². The number of aromatic amines is 1. The average Bonchev–Trinajstić information content (AvgIpc) is 3.92. The van der Waals surface area contributed by atoms with E-state index in [1.165, 1.54) is 30.3 Å². The predicted octanol–water partition coefficient (Wildman–Crippen LogP) is 2.44. The molecule has 1 spiro atoms. The largest absolute Gasteiger partial charge is 0.508 e. The molecule has 56 heavy (non-hydrogen) atoms. The molecule has 15 nitrogen and oxygen atoms in total. The molecule has 0 unspecified atom stereocenters. The zero-order valence-corrected chi connectivity index (χ0v) is 30.9. The molecule has 3 aliphatic rings. The van der Waals surface area contributed by atoms with Crippen LogP contribution in [0.2, 0.25) is 0 Å². The number of carbonyl (C=O) groups is 1. The number of aromatic nitrogens is 2. The number of aromatic hydroxyl groups is 1. The Morgan fingerprint density at radius 3 is 2.61 bits per heavy atom. The fourth-order valence-electron chi connectivity index (χ4n) is 8.90. The first kappa shape index (κ1) is 38.1. The molecule has 8 atom stereocenters. The highest BCUT2D eigenvalue weighted by molar-refractivity contribution is 5.91. The van der Waals surface area contributed by atoms with E-state index in [-0.39, 0.29) is 41.8 Å². The SMILES string of the molecule is Cc1cc(=O)c2cc3c(c(-n4cc5cc[nH]c5c4)c2o1)O[C@@]1(CCC[C@H]([C@@H]2CNC(=O)C2)C1)[C@H](OOC[C@@](O)(Cc1ccc(O)cc1)[C@@H](O)[C@H](O)[C@H](O)CO)C3. The standard InChI is InChI=1S/C41H47N3O12/c1-22-11-31(47)29-12-26-13-33(56-53-21-40(52,39(51)36(50)32(48)20-45)15-23-4-6-28(46)7-5-23)41(9-2-3-24(16-41)27-14-34(49)43-17-27)55-37(26)35(38(29)54-22)44-18-25-8-10-42-30(25)19-44/h4-8,10-12,18-19,24,27,32-33,36,39,42,45-46,48,50-52H,2-3,9,13-17,20-21H2,1H3,(H,43,49)/t24-,27-,32+,33+,36+,39-,40-,41+/m0/s1. The summed E-state index contributed by atoms with van der Waals surface area (Å²) in [5.74, 6) is 1.12. The van der Waals surface area contributed by atoms with Gasteiger partial charge in [-0.1, -0.05) is 12.1 Å². The van der Waals surface area contributed by atoms with Crippen LogP contribution in [0.25, 0.3) is 27.6 Å². The van der Waals surface area contributed by atoms with Crippen LogP contribution in [0.15, 0.2) is 70.3 Å². The van der Waals surface area contributed by atoms with Crippen LogP contribution >= 0.6 is 0 Å². The van der Waals surface area contributed by atoms with E-state index in [9.17, 15) is 40.2 Å². The maximum absolute atomic E-state index is 13.5. The van der Waals surface area contributed by atoms with E-state index in [0.29, 0.717) is 65.1 Å². The molecule has 5 aromatic rings. The van der Waals surface area contributed by atoms with Crippen molar-refractivity contribution in [3.8, 4) is 17.2 Å². The first-order chi connectivity index (χ1) is 26.9. The second-order valence-electron chi connectivity index (χ2n) is 15.8. The van der Waals surface area contributed by atoms with Gasteiger partial charge in [0, 0.05) is 61.4 Å². The molecule has 0 radical (unpaired) electrons. The number of hydrogen-bond acceptors (Lipinski definition) is 12. The predicted molar refractivity (Wildman–Crippen MR) is 201 cm³/mol. The third kappa shape index (κ3) is 7.08. The normalized spacial score (nSPS) is 25.1. The van der Waals surface area contributed by atoms with Gasteiger partial charge in [0.15, 0.2) is 16.8 Å². The van der Waals surface area contributed by atoms with Gasteiger partial charge in [0.1, 0.15) is 59.4 Å². The van der Waals surface area contributed by atoms with Crippen molar-refractivity contribution >= 4 is 27.8 Å². The van der Waals surface area contributed by atoms with E-state index < -0.39 is 48.8 Å². The number of nitrogens with zero attached hydrogens (tertiary/aromatic N) is 1. The Hall–Kier alpha value is -4.74. The second-order valence-corrected chi connectivity index (χ2v) is 15.8. The van der Waals surface area contributed by atoms with Crippen molar-refractivity contribution < 1.29 is 54.4 Å². The maximum atomic E-state index is 13.5. The molecule has 1 aliphatic carbocycles. The number of carbonyl (C=O) groups excluding carboxylic acids is 1. The third-order valence-corrected chi connectivity index (χ3v) is 11.9. The first-order valence-electron chi connectivity index (χ1n) is 19.0. The van der Waals surface area contributed by atoms with Crippen molar-refractivity contribution in [1.29, 1.82) is 0 Å². The summed E-state index contributed by atoms with van der Waals surface area (Å²) >= 11 is 0. The van der Waals surface area contributed by atoms with Gasteiger partial charge in [-0.15, -0.1) is 0 Å². The Kier molecular flexibility index (Phi) is 10.2. The zero-order valence-electron chi connectivity index (χ0n) is 30.9. The lowest BCUT2D eigenvalue weighted by Gasteiger charge is -2.49. The molecule has 2 aromatic carbocycles. The number of phenolic OH excluding ortho intramolecular Hbond substituents is 1. The Balaban J connectivity index is 1.18. The second kappa shape index (κ2) is 15.0. The van der Waals surface area contributed by atoms with Crippen molar-refractivity contribution in [3.05, 3.63) is 88.2 Å². The molecule has 3 aromatic heterocycles. The van der Waals surface area contributed by atoms with Crippen molar-refractivity contribution in [2.45, 2.75) is 87.5 Å². The number of ether oxygens (including phenoxy) is 1. The molecule has 1 saturated carbocycles. The maximum Gasteiger partial charge on any atom is 0.220 e. The van der Waals surface area contributed by atoms with Gasteiger partial charge in [-0.2, -0.15) is 0 Å². The van der Waals surface area contributed by atoms with Gasteiger partial charge in [0.2, 0.25) is 5.91 Å². The van der Waals surface area contributed by atoms with Crippen molar-refractivity contribution in [2.24, 2.45) is 11.8 Å². The van der Waals surface area contributed by atoms with Crippen LogP contribution in [0, 0.1) is 18.8 Å². The first-order valence-corrected chi connectivity index (χ1v) is 19.0. The van der Waals surface area contributed by atoms with E-state index in [2.05, 4.69) is 10.3 Å². The highest BCUT2D eigenvalue weighted by Gasteiger charge is 2.53. The summed E-state index contributed by atoms with van der Waals surface area (Å²) in [6.07, 6.45) is 2.16. The van der Waals surface area contributed by atoms with Gasteiger partial charge in [-0.05, 0) is 74.3 Å². The van der Waals surface area contributed by atoms with Crippen molar-refractivity contribution in [1.82, 2.24) is 14.9 Å². The summed E-state index contributed by atoms with van der Waals surface area (Å²) in [5, 5.41) is 67.5. The van der Waals surface area contributed by atoms with Crippen molar-refractivity contribution in [3.63, 3.8) is 0 Å². The molecule has 8 rings (SSSR count). The highest BCUT2D eigenvalue weighted by atomic mass is 17.2. The minimum atomic E-state index is -2.25. The molecule has 1 saturated heterocycles. The Morgan fingerprint density at radius 1 is 1.07 bits per heavy atom. The summed E-state index contributed by atoms with van der Waals surface area (Å²) in [6, 6.07) is 11.0. The smallest absolute Gasteiger partial charge is 0.220 e. The molecular weight excluding hydrogens is 726 g/mol. The summed E-state index contributed by atoms with van der Waals surface area (Å²) in [7, 11) is 0. The molecule has 2 aliphatic heterocycles. The third-order valence-electron chi connectivity index (χ3n) is 11.9. The minimum Gasteiger partial charge on any atom is -0.508 e. The number of H-pyrrole nitrogens is 1. The number of hydrogen-bond donors (Lipinski definition) is 8. The van der Waals surface area contributed by atoms with Crippen LogP contribution in [-0.2, 0) is 27.4 Å². The molecule has 0 bridgehead atoms. The van der Waals surface area contributed by atoms with Gasteiger partial charge >= 0.3 is 0 Å². The quantitative estimate of drug-likeness (QED) is 0.0676. The minimum absolute atomic E-state index is 0.00288. The molecule has 298 valence electrons. The number of fused-ring (bicyclic) bond motifs is 3. The number of amides is 1. The van der Waals surface area contributed by atoms with Gasteiger partial charge in [0.05, 0.1) is 17.5 Å². The van der Waals surface area contributed by atoms with Crippen LogP contribution in [0.1, 0.15) is 49.0 Å². The fraction of sp³-hybridized carbons (Fsp3) is 0.463. The number of aryl methyl sites for hydroxylation is 1. The number of rotatable bonds is 12. The monoisotopic (exact) mass is 773 g/mol. The lowest BCUT2D eigenvalue weighted by atomic mass is 9.68. The van der Waals surface area contributed by atoms with Gasteiger partial charge in [-0.3, -0.25) is 9.59 Å². The molecule has 8 N–H and O–H groups in total. The topological polar surface area (TPSA) is 229 Å². The van der Waals surface area contributed by atoms with E-state index in [1.54, 1.807) is 13.0 Å². The molecular formula is C41H47N3O12. The Labute approximate surface area is 321 Å². The molecule has 2 fully saturated rings. The van der Waals surface area contributed by atoms with Gasteiger partial charge < -0.3 is 54.7 Å². The van der Waals surface area contributed by atoms with Crippen LogP contribution < -0.4 is 15.5 Å².